The Balaban J connectivity index is 2.37. The van der Waals surface area contributed by atoms with Crippen molar-refractivity contribution in [3.05, 3.63) is 48.0 Å². The zero-order valence-electron chi connectivity index (χ0n) is 11.4. The summed E-state index contributed by atoms with van der Waals surface area (Å²) in [5.41, 5.74) is 1.27. The summed E-state index contributed by atoms with van der Waals surface area (Å²) < 4.78 is 10.6. The Kier molecular flexibility index (Phi) is 2.79. The van der Waals surface area contributed by atoms with Gasteiger partial charge in [-0.25, -0.2) is 0 Å². The van der Waals surface area contributed by atoms with Crippen LogP contribution in [0.4, 0.5) is 0 Å². The summed E-state index contributed by atoms with van der Waals surface area (Å²) in [6.07, 6.45) is 0. The Morgan fingerprint density at radius 3 is 2.11 bits per heavy atom. The molecule has 0 aromatic heterocycles. The lowest BCUT2D eigenvalue weighted by Gasteiger charge is -2.10. The van der Waals surface area contributed by atoms with Gasteiger partial charge in [-0.15, -0.1) is 0 Å². The molecule has 2 nitrogen and oxygen atoms in total. The number of methoxy groups -OCH3 is 2. The topological polar surface area (TPSA) is 18.5 Å². The Morgan fingerprint density at radius 2 is 1.37 bits per heavy atom. The maximum Gasteiger partial charge on any atom is 0.119 e. The minimum absolute atomic E-state index is 0.889. The number of aryl methyl sites for hydroxylation is 1. The molecule has 0 unspecified atom stereocenters. The van der Waals surface area contributed by atoms with Gasteiger partial charge >= 0.3 is 0 Å². The molecule has 2 heteroatoms. The largest absolute Gasteiger partial charge is 0.497 e. The van der Waals surface area contributed by atoms with E-state index in [2.05, 4.69) is 37.3 Å². The number of rotatable bonds is 2. The lowest BCUT2D eigenvalue weighted by molar-refractivity contribution is 0.415. The number of hydrogen-bond acceptors (Lipinski definition) is 2. The standard InChI is InChI=1S/C17H16O2/c1-11-16-7-6-14(18-2)9-13(16)8-12-4-5-15(19-3)10-17(11)12/h4-10H,1-3H3. The maximum atomic E-state index is 5.31. The lowest BCUT2D eigenvalue weighted by Crippen LogP contribution is -1.88. The molecule has 3 aromatic rings. The Labute approximate surface area is 112 Å². The van der Waals surface area contributed by atoms with Crippen LogP contribution < -0.4 is 9.47 Å². The van der Waals surface area contributed by atoms with Crippen molar-refractivity contribution < 1.29 is 9.47 Å². The van der Waals surface area contributed by atoms with Crippen molar-refractivity contribution >= 4 is 21.5 Å². The molecule has 0 saturated carbocycles. The van der Waals surface area contributed by atoms with E-state index in [1.165, 1.54) is 27.1 Å². The molecule has 0 amide bonds. The van der Waals surface area contributed by atoms with E-state index in [4.69, 9.17) is 9.47 Å². The monoisotopic (exact) mass is 252 g/mol. The predicted molar refractivity (Wildman–Crippen MR) is 79.3 cm³/mol. The zero-order valence-corrected chi connectivity index (χ0v) is 11.4. The van der Waals surface area contributed by atoms with Crippen LogP contribution in [0.25, 0.3) is 21.5 Å². The van der Waals surface area contributed by atoms with Crippen LogP contribution in [0.3, 0.4) is 0 Å². The van der Waals surface area contributed by atoms with Crippen LogP contribution in [-0.2, 0) is 0 Å². The summed E-state index contributed by atoms with van der Waals surface area (Å²) in [5.74, 6) is 1.78. The molecule has 3 aromatic carbocycles. The van der Waals surface area contributed by atoms with Gasteiger partial charge in [0, 0.05) is 0 Å². The third kappa shape index (κ3) is 1.89. The highest BCUT2D eigenvalue weighted by Crippen LogP contribution is 2.32. The zero-order chi connectivity index (χ0) is 13.4. The average molecular weight is 252 g/mol. The molecule has 3 rings (SSSR count). The fourth-order valence-corrected chi connectivity index (χ4v) is 2.55. The van der Waals surface area contributed by atoms with Crippen molar-refractivity contribution in [1.29, 1.82) is 0 Å². The second-order valence-corrected chi connectivity index (χ2v) is 4.68. The predicted octanol–water partition coefficient (Wildman–Crippen LogP) is 4.32. The molecule has 0 aliphatic carbocycles. The van der Waals surface area contributed by atoms with E-state index in [0.717, 1.165) is 11.5 Å². The first kappa shape index (κ1) is 11.8. The van der Waals surface area contributed by atoms with E-state index in [0.29, 0.717) is 0 Å². The van der Waals surface area contributed by atoms with Gasteiger partial charge in [0.25, 0.3) is 0 Å². The second kappa shape index (κ2) is 4.47. The summed E-state index contributed by atoms with van der Waals surface area (Å²) in [4.78, 5) is 0. The van der Waals surface area contributed by atoms with Crippen molar-refractivity contribution in [2.45, 2.75) is 6.92 Å². The Bertz CT molecular complexity index is 760. The SMILES string of the molecule is COc1ccc2c(C)c3cc(OC)ccc3cc2c1. The summed E-state index contributed by atoms with van der Waals surface area (Å²) in [7, 11) is 3.39. The lowest BCUT2D eigenvalue weighted by atomic mass is 9.97. The first-order valence-corrected chi connectivity index (χ1v) is 6.28. The first-order valence-electron chi connectivity index (χ1n) is 6.28. The fourth-order valence-electron chi connectivity index (χ4n) is 2.55. The van der Waals surface area contributed by atoms with Crippen molar-refractivity contribution in [1.82, 2.24) is 0 Å². The van der Waals surface area contributed by atoms with Crippen LogP contribution in [0.15, 0.2) is 42.5 Å². The summed E-state index contributed by atoms with van der Waals surface area (Å²) in [5, 5.41) is 4.91. The van der Waals surface area contributed by atoms with Gasteiger partial charge in [-0.1, -0.05) is 12.1 Å². The average Bonchev–Trinajstić information content (AvgIpc) is 2.46. The van der Waals surface area contributed by atoms with E-state index in [1.807, 2.05) is 12.1 Å². The van der Waals surface area contributed by atoms with Crippen LogP contribution in [-0.4, -0.2) is 14.2 Å². The molecular formula is C17H16O2. The molecule has 0 bridgehead atoms. The second-order valence-electron chi connectivity index (χ2n) is 4.68. The quantitative estimate of drug-likeness (QED) is 0.632. The highest BCUT2D eigenvalue weighted by Gasteiger charge is 2.06. The normalized spacial score (nSPS) is 10.9. The Morgan fingerprint density at radius 1 is 0.684 bits per heavy atom. The van der Waals surface area contributed by atoms with E-state index >= 15 is 0 Å². The molecule has 0 heterocycles. The molecule has 0 atom stereocenters. The van der Waals surface area contributed by atoms with Gasteiger partial charge in [0.2, 0.25) is 0 Å². The molecule has 0 aliphatic rings. The number of benzene rings is 3. The Hall–Kier alpha value is -2.22. The van der Waals surface area contributed by atoms with Crippen molar-refractivity contribution in [2.24, 2.45) is 0 Å². The summed E-state index contributed by atoms with van der Waals surface area (Å²) >= 11 is 0. The molecule has 0 aliphatic heterocycles. The molecule has 19 heavy (non-hydrogen) atoms. The van der Waals surface area contributed by atoms with Gasteiger partial charge in [-0.05, 0) is 64.4 Å². The molecular weight excluding hydrogens is 236 g/mol. The molecule has 0 fully saturated rings. The van der Waals surface area contributed by atoms with Crippen molar-refractivity contribution in [2.75, 3.05) is 14.2 Å². The summed E-state index contributed by atoms with van der Waals surface area (Å²) in [6.45, 7) is 2.15. The van der Waals surface area contributed by atoms with Crippen LogP contribution in [0.1, 0.15) is 5.56 Å². The summed E-state index contributed by atoms with van der Waals surface area (Å²) in [6, 6.07) is 14.6. The maximum absolute atomic E-state index is 5.31. The number of ether oxygens (including phenoxy) is 2. The number of fused-ring (bicyclic) bond motifs is 2. The fraction of sp³-hybridized carbons (Fsp3) is 0.176. The van der Waals surface area contributed by atoms with E-state index in [1.54, 1.807) is 14.2 Å². The van der Waals surface area contributed by atoms with Gasteiger partial charge in [0.15, 0.2) is 0 Å². The molecule has 0 N–H and O–H groups in total. The van der Waals surface area contributed by atoms with Crippen LogP contribution in [0.5, 0.6) is 11.5 Å². The third-order valence-corrected chi connectivity index (χ3v) is 3.64. The third-order valence-electron chi connectivity index (χ3n) is 3.64. The van der Waals surface area contributed by atoms with Crippen molar-refractivity contribution in [3.63, 3.8) is 0 Å². The number of hydrogen-bond donors (Lipinski definition) is 0. The van der Waals surface area contributed by atoms with Crippen LogP contribution in [0.2, 0.25) is 0 Å². The molecule has 0 spiro atoms. The molecule has 0 radical (unpaired) electrons. The van der Waals surface area contributed by atoms with Crippen molar-refractivity contribution in [3.8, 4) is 11.5 Å². The molecule has 96 valence electrons. The van der Waals surface area contributed by atoms with Gasteiger partial charge in [-0.2, -0.15) is 0 Å². The first-order chi connectivity index (χ1) is 9.22. The van der Waals surface area contributed by atoms with Gasteiger partial charge < -0.3 is 9.47 Å². The highest BCUT2D eigenvalue weighted by atomic mass is 16.5. The van der Waals surface area contributed by atoms with E-state index in [9.17, 15) is 0 Å². The van der Waals surface area contributed by atoms with Crippen LogP contribution in [0, 0.1) is 6.92 Å². The van der Waals surface area contributed by atoms with E-state index < -0.39 is 0 Å². The molecule has 0 saturated heterocycles. The van der Waals surface area contributed by atoms with Gasteiger partial charge in [-0.3, -0.25) is 0 Å². The minimum atomic E-state index is 0.889. The van der Waals surface area contributed by atoms with E-state index in [-0.39, 0.29) is 0 Å². The minimum Gasteiger partial charge on any atom is -0.497 e. The van der Waals surface area contributed by atoms with Gasteiger partial charge in [0.1, 0.15) is 11.5 Å². The van der Waals surface area contributed by atoms with Gasteiger partial charge in [0.05, 0.1) is 14.2 Å². The van der Waals surface area contributed by atoms with Crippen LogP contribution >= 0.6 is 0 Å². The smallest absolute Gasteiger partial charge is 0.119 e. The highest BCUT2D eigenvalue weighted by molar-refractivity contribution is 6.02.